The molecule has 7 heteroatoms. The van der Waals surface area contributed by atoms with Gasteiger partial charge in [0.15, 0.2) is 0 Å². The summed E-state index contributed by atoms with van der Waals surface area (Å²) in [4.78, 5) is 11.8. The number of ether oxygens (including phenoxy) is 1. The first kappa shape index (κ1) is 16.7. The van der Waals surface area contributed by atoms with Gasteiger partial charge in [-0.3, -0.25) is 4.79 Å². The van der Waals surface area contributed by atoms with E-state index in [1.54, 1.807) is 12.1 Å². The van der Waals surface area contributed by atoms with Crippen LogP contribution in [0.4, 0.5) is 8.78 Å². The van der Waals surface area contributed by atoms with Gasteiger partial charge in [0.1, 0.15) is 5.75 Å². The lowest BCUT2D eigenvalue weighted by molar-refractivity contribution is -0.129. The second-order valence-corrected chi connectivity index (χ2v) is 4.71. The molecule has 1 aromatic carbocycles. The van der Waals surface area contributed by atoms with Gasteiger partial charge in [-0.25, -0.2) is 0 Å². The van der Waals surface area contributed by atoms with E-state index >= 15 is 0 Å². The molecule has 0 aromatic heterocycles. The number of nitrogens with two attached hydrogens (primary N) is 1. The van der Waals surface area contributed by atoms with Crippen LogP contribution in [0.1, 0.15) is 24.8 Å². The molecule has 20 heavy (non-hydrogen) atoms. The van der Waals surface area contributed by atoms with Crippen LogP contribution in [0, 0.1) is 0 Å². The minimum Gasteiger partial charge on any atom is -0.435 e. The van der Waals surface area contributed by atoms with Gasteiger partial charge < -0.3 is 15.8 Å². The average molecular weight is 307 g/mol. The molecule has 2 rings (SSSR count). The Kier molecular flexibility index (Phi) is 5.71. The van der Waals surface area contributed by atoms with Gasteiger partial charge in [-0.1, -0.05) is 12.1 Å². The summed E-state index contributed by atoms with van der Waals surface area (Å²) in [5.74, 6) is -0.0639. The fourth-order valence-electron chi connectivity index (χ4n) is 1.93. The Balaban J connectivity index is 0.00000200. The van der Waals surface area contributed by atoms with E-state index in [-0.39, 0.29) is 24.1 Å². The molecule has 0 heterocycles. The number of alkyl halides is 2. The van der Waals surface area contributed by atoms with Crippen LogP contribution in [-0.2, 0) is 11.3 Å². The van der Waals surface area contributed by atoms with Crippen LogP contribution in [-0.4, -0.2) is 18.1 Å². The molecule has 4 nitrogen and oxygen atoms in total. The largest absolute Gasteiger partial charge is 0.435 e. The number of hydrogen-bond donors (Lipinski definition) is 2. The van der Waals surface area contributed by atoms with Crippen molar-refractivity contribution < 1.29 is 18.3 Å². The molecular weight excluding hydrogens is 290 g/mol. The fourth-order valence-corrected chi connectivity index (χ4v) is 1.93. The summed E-state index contributed by atoms with van der Waals surface area (Å²) < 4.78 is 28.2. The number of halogens is 3. The zero-order chi connectivity index (χ0) is 13.9. The van der Waals surface area contributed by atoms with Crippen molar-refractivity contribution in [3.05, 3.63) is 29.8 Å². The van der Waals surface area contributed by atoms with E-state index in [0.29, 0.717) is 19.4 Å². The maximum absolute atomic E-state index is 12.0. The first-order valence-electron chi connectivity index (χ1n) is 6.10. The molecule has 1 aromatic rings. The molecule has 1 aliphatic rings. The van der Waals surface area contributed by atoms with Crippen LogP contribution in [0.2, 0.25) is 0 Å². The zero-order valence-corrected chi connectivity index (χ0v) is 11.6. The highest BCUT2D eigenvalue weighted by molar-refractivity contribution is 5.87. The summed E-state index contributed by atoms with van der Waals surface area (Å²) in [6.45, 7) is -2.51. The van der Waals surface area contributed by atoms with E-state index in [1.807, 2.05) is 0 Å². The van der Waals surface area contributed by atoms with E-state index in [1.165, 1.54) is 12.1 Å². The summed E-state index contributed by atoms with van der Waals surface area (Å²) in [6, 6.07) is 6.13. The molecule has 0 spiro atoms. The van der Waals surface area contributed by atoms with Gasteiger partial charge in [-0.2, -0.15) is 8.78 Å². The average Bonchev–Trinajstić information content (AvgIpc) is 2.34. The lowest BCUT2D eigenvalue weighted by atomic mass is 9.77. The lowest BCUT2D eigenvalue weighted by Gasteiger charge is -2.36. The Labute approximate surface area is 122 Å². The van der Waals surface area contributed by atoms with E-state index in [0.717, 1.165) is 12.0 Å². The number of carbonyl (C=O) groups is 1. The summed E-state index contributed by atoms with van der Waals surface area (Å²) in [7, 11) is 0. The van der Waals surface area contributed by atoms with Crippen LogP contribution in [0.3, 0.4) is 0 Å². The lowest BCUT2D eigenvalue weighted by Crippen LogP contribution is -2.58. The zero-order valence-electron chi connectivity index (χ0n) is 10.8. The Morgan fingerprint density at radius 3 is 2.40 bits per heavy atom. The number of rotatable bonds is 5. The molecule has 0 aliphatic heterocycles. The fraction of sp³-hybridized carbons (Fsp3) is 0.462. The Morgan fingerprint density at radius 1 is 1.35 bits per heavy atom. The molecule has 1 saturated carbocycles. The van der Waals surface area contributed by atoms with Crippen LogP contribution in [0.5, 0.6) is 5.75 Å². The van der Waals surface area contributed by atoms with Crippen LogP contribution < -0.4 is 15.8 Å². The number of benzene rings is 1. The van der Waals surface area contributed by atoms with Gasteiger partial charge in [0.25, 0.3) is 0 Å². The smallest absolute Gasteiger partial charge is 0.387 e. The van der Waals surface area contributed by atoms with Crippen LogP contribution >= 0.6 is 12.4 Å². The predicted octanol–water partition coefficient (Wildman–Crippen LogP) is 2.21. The third kappa shape index (κ3) is 4.05. The maximum Gasteiger partial charge on any atom is 0.387 e. The SMILES string of the molecule is Cl.NC1(C(=O)NCc2ccc(OC(F)F)cc2)CCC1. The van der Waals surface area contributed by atoms with Crippen molar-refractivity contribution in [2.75, 3.05) is 0 Å². The van der Waals surface area contributed by atoms with Gasteiger partial charge in [0.2, 0.25) is 5.91 Å². The number of amides is 1. The third-order valence-electron chi connectivity index (χ3n) is 3.30. The first-order valence-corrected chi connectivity index (χ1v) is 6.10. The molecule has 112 valence electrons. The number of hydrogen-bond acceptors (Lipinski definition) is 3. The number of carbonyl (C=O) groups excluding carboxylic acids is 1. The molecule has 3 N–H and O–H groups in total. The molecule has 1 aliphatic carbocycles. The molecule has 1 amide bonds. The van der Waals surface area contributed by atoms with Gasteiger partial charge >= 0.3 is 6.61 Å². The molecule has 0 atom stereocenters. The van der Waals surface area contributed by atoms with Crippen molar-refractivity contribution in [3.63, 3.8) is 0 Å². The van der Waals surface area contributed by atoms with Crippen LogP contribution in [0.15, 0.2) is 24.3 Å². The minimum atomic E-state index is -2.83. The quantitative estimate of drug-likeness (QED) is 0.876. The van der Waals surface area contributed by atoms with Crippen molar-refractivity contribution in [1.82, 2.24) is 5.32 Å². The van der Waals surface area contributed by atoms with Crippen molar-refractivity contribution in [2.24, 2.45) is 5.73 Å². The molecule has 0 radical (unpaired) electrons. The third-order valence-corrected chi connectivity index (χ3v) is 3.30. The summed E-state index contributed by atoms with van der Waals surface area (Å²) in [5.41, 5.74) is 5.95. The predicted molar refractivity (Wildman–Crippen MR) is 72.9 cm³/mol. The van der Waals surface area contributed by atoms with Crippen molar-refractivity contribution in [3.8, 4) is 5.75 Å². The van der Waals surface area contributed by atoms with Crippen molar-refractivity contribution in [2.45, 2.75) is 38.0 Å². The van der Waals surface area contributed by atoms with Gasteiger partial charge in [0.05, 0.1) is 5.54 Å². The Hall–Kier alpha value is -1.40. The highest BCUT2D eigenvalue weighted by Gasteiger charge is 2.39. The van der Waals surface area contributed by atoms with E-state index in [9.17, 15) is 13.6 Å². The molecule has 0 saturated heterocycles. The summed E-state index contributed by atoms with van der Waals surface area (Å²) in [6.07, 6.45) is 2.39. The van der Waals surface area contributed by atoms with Crippen molar-refractivity contribution in [1.29, 1.82) is 0 Å². The normalized spacial score (nSPS) is 16.0. The highest BCUT2D eigenvalue weighted by Crippen LogP contribution is 2.29. The molecule has 0 bridgehead atoms. The standard InChI is InChI=1S/C13H16F2N2O2.ClH/c14-12(15)19-10-4-2-9(3-5-10)8-17-11(18)13(16)6-1-7-13;/h2-5,12H,1,6-8,16H2,(H,17,18);1H. The van der Waals surface area contributed by atoms with Crippen molar-refractivity contribution >= 4 is 18.3 Å². The topological polar surface area (TPSA) is 64.4 Å². The highest BCUT2D eigenvalue weighted by atomic mass is 35.5. The van der Waals surface area contributed by atoms with Gasteiger partial charge in [-0.15, -0.1) is 12.4 Å². The minimum absolute atomic E-state index is 0. The van der Waals surface area contributed by atoms with Gasteiger partial charge in [0, 0.05) is 6.54 Å². The molecular formula is C13H17ClF2N2O2. The monoisotopic (exact) mass is 306 g/mol. The van der Waals surface area contributed by atoms with E-state index in [2.05, 4.69) is 10.1 Å². The van der Waals surface area contributed by atoms with Crippen LogP contribution in [0.25, 0.3) is 0 Å². The van der Waals surface area contributed by atoms with E-state index in [4.69, 9.17) is 5.73 Å². The van der Waals surface area contributed by atoms with Gasteiger partial charge in [-0.05, 0) is 37.0 Å². The summed E-state index contributed by atoms with van der Waals surface area (Å²) in [5, 5.41) is 2.75. The first-order chi connectivity index (χ1) is 8.99. The molecule has 0 unspecified atom stereocenters. The summed E-state index contributed by atoms with van der Waals surface area (Å²) >= 11 is 0. The van der Waals surface area contributed by atoms with E-state index < -0.39 is 12.2 Å². The second-order valence-electron chi connectivity index (χ2n) is 4.71. The Morgan fingerprint density at radius 2 is 1.95 bits per heavy atom. The second kappa shape index (κ2) is 6.85. The Bertz CT molecular complexity index is 450. The number of nitrogens with one attached hydrogen (secondary N) is 1. The molecule has 1 fully saturated rings. The maximum atomic E-state index is 12.0.